The van der Waals surface area contributed by atoms with E-state index in [0.29, 0.717) is 5.69 Å². The molecule has 1 aliphatic carbocycles. The predicted molar refractivity (Wildman–Crippen MR) is 101 cm³/mol. The van der Waals surface area contributed by atoms with Crippen LogP contribution in [0.3, 0.4) is 0 Å². The van der Waals surface area contributed by atoms with Gasteiger partial charge in [-0.2, -0.15) is 0 Å². The molecule has 0 amide bonds. The molecule has 1 nitrogen and oxygen atoms in total. The summed E-state index contributed by atoms with van der Waals surface area (Å²) in [6.45, 7) is 2.12. The summed E-state index contributed by atoms with van der Waals surface area (Å²) in [6.07, 6.45) is 2.12. The number of hydrogen-bond donors (Lipinski definition) is 0. The molecule has 0 unspecified atom stereocenters. The number of halogens is 1. The van der Waals surface area contributed by atoms with Gasteiger partial charge in [-0.1, -0.05) is 73.7 Å². The molecule has 1 saturated carbocycles. The van der Waals surface area contributed by atoms with E-state index in [0.717, 1.165) is 35.2 Å². The van der Waals surface area contributed by atoms with Gasteiger partial charge in [0.05, 0.1) is 11.4 Å². The van der Waals surface area contributed by atoms with Crippen molar-refractivity contribution in [3.8, 4) is 0 Å². The second-order valence-corrected chi connectivity index (χ2v) is 6.92. The van der Waals surface area contributed by atoms with E-state index >= 15 is 0 Å². The molecule has 3 aromatic carbocycles. The summed E-state index contributed by atoms with van der Waals surface area (Å²) in [5.74, 6) is -0.151. The van der Waals surface area contributed by atoms with E-state index in [4.69, 9.17) is 4.99 Å². The van der Waals surface area contributed by atoms with E-state index in [1.807, 2.05) is 72.8 Å². The van der Waals surface area contributed by atoms with Crippen LogP contribution in [0.5, 0.6) is 0 Å². The van der Waals surface area contributed by atoms with Gasteiger partial charge in [0.2, 0.25) is 0 Å². The lowest BCUT2D eigenvalue weighted by Gasteiger charge is -2.11. The summed E-state index contributed by atoms with van der Waals surface area (Å²) in [6, 6.07) is 25.4. The number of rotatable bonds is 4. The molecule has 0 saturated heterocycles. The molecule has 0 radical (unpaired) electrons. The molecule has 0 atom stereocenters. The van der Waals surface area contributed by atoms with Crippen LogP contribution in [0.25, 0.3) is 0 Å². The fourth-order valence-corrected chi connectivity index (χ4v) is 3.14. The first-order valence-corrected chi connectivity index (χ1v) is 8.65. The fraction of sp³-hybridized carbons (Fsp3) is 0.174. The van der Waals surface area contributed by atoms with E-state index in [1.165, 1.54) is 0 Å². The number of benzene rings is 3. The lowest BCUT2D eigenvalue weighted by atomic mass is 9.97. The summed E-state index contributed by atoms with van der Waals surface area (Å²) in [7, 11) is 0. The highest BCUT2D eigenvalue weighted by Gasteiger charge is 2.40. The Morgan fingerprint density at radius 2 is 1.40 bits per heavy atom. The Labute approximate surface area is 147 Å². The van der Waals surface area contributed by atoms with Gasteiger partial charge in [-0.15, -0.1) is 0 Å². The summed E-state index contributed by atoms with van der Waals surface area (Å²) in [5.41, 5.74) is 4.37. The number of aliphatic imine (C=N–C) groups is 1. The van der Waals surface area contributed by atoms with Gasteiger partial charge in [0.1, 0.15) is 5.82 Å². The third-order valence-corrected chi connectivity index (χ3v) is 4.94. The largest absolute Gasteiger partial charge is 0.248 e. The van der Waals surface area contributed by atoms with Gasteiger partial charge >= 0.3 is 0 Å². The van der Waals surface area contributed by atoms with Gasteiger partial charge in [-0.3, -0.25) is 0 Å². The van der Waals surface area contributed by atoms with Crippen molar-refractivity contribution in [3.63, 3.8) is 0 Å². The zero-order chi connectivity index (χ0) is 17.3. The zero-order valence-corrected chi connectivity index (χ0v) is 14.2. The molecule has 124 valence electrons. The molecule has 2 heteroatoms. The van der Waals surface area contributed by atoms with E-state index < -0.39 is 0 Å². The minimum Gasteiger partial charge on any atom is -0.248 e. The minimum atomic E-state index is -0.151. The molecule has 0 aromatic heterocycles. The van der Waals surface area contributed by atoms with Crippen molar-refractivity contribution in [1.29, 1.82) is 0 Å². The van der Waals surface area contributed by atoms with Crippen molar-refractivity contribution in [2.45, 2.75) is 25.2 Å². The Morgan fingerprint density at radius 1 is 0.840 bits per heavy atom. The Hall–Kier alpha value is -2.74. The van der Waals surface area contributed by atoms with Crippen molar-refractivity contribution < 1.29 is 4.39 Å². The first-order valence-electron chi connectivity index (χ1n) is 8.65. The Balaban J connectivity index is 1.78. The second-order valence-electron chi connectivity index (χ2n) is 6.92. The average Bonchev–Trinajstić information content (AvgIpc) is 3.39. The van der Waals surface area contributed by atoms with Crippen LogP contribution in [0.1, 0.15) is 36.5 Å². The van der Waals surface area contributed by atoms with E-state index in [-0.39, 0.29) is 11.2 Å². The van der Waals surface area contributed by atoms with Crippen molar-refractivity contribution in [2.24, 2.45) is 4.99 Å². The fourth-order valence-electron chi connectivity index (χ4n) is 3.14. The molecule has 3 aromatic rings. The van der Waals surface area contributed by atoms with E-state index in [1.54, 1.807) is 6.07 Å². The SMILES string of the molecule is CC1(c2ccc(N=C(c3ccccc3)c3ccccc3)cc2F)CC1. The normalized spacial score (nSPS) is 14.8. The van der Waals surface area contributed by atoms with E-state index in [2.05, 4.69) is 6.92 Å². The van der Waals surface area contributed by atoms with Gasteiger partial charge in [0, 0.05) is 11.1 Å². The van der Waals surface area contributed by atoms with E-state index in [9.17, 15) is 4.39 Å². The highest BCUT2D eigenvalue weighted by atomic mass is 19.1. The van der Waals surface area contributed by atoms with Crippen LogP contribution in [0.4, 0.5) is 10.1 Å². The van der Waals surface area contributed by atoms with Crippen LogP contribution in [-0.2, 0) is 5.41 Å². The van der Waals surface area contributed by atoms with Gasteiger partial charge in [-0.25, -0.2) is 9.38 Å². The van der Waals surface area contributed by atoms with Crippen LogP contribution in [-0.4, -0.2) is 5.71 Å². The number of hydrogen-bond acceptors (Lipinski definition) is 1. The van der Waals surface area contributed by atoms with Crippen molar-refractivity contribution in [1.82, 2.24) is 0 Å². The Morgan fingerprint density at radius 3 is 1.88 bits per heavy atom. The van der Waals surface area contributed by atoms with Gasteiger partial charge < -0.3 is 0 Å². The Kier molecular flexibility index (Phi) is 3.96. The molecule has 1 aliphatic rings. The van der Waals surface area contributed by atoms with Gasteiger partial charge in [0.25, 0.3) is 0 Å². The van der Waals surface area contributed by atoms with Crippen LogP contribution in [0.2, 0.25) is 0 Å². The maximum Gasteiger partial charge on any atom is 0.129 e. The smallest absolute Gasteiger partial charge is 0.129 e. The number of nitrogens with zero attached hydrogens (tertiary/aromatic N) is 1. The third-order valence-electron chi connectivity index (χ3n) is 4.94. The lowest BCUT2D eigenvalue weighted by molar-refractivity contribution is 0.586. The third kappa shape index (κ3) is 3.25. The first kappa shape index (κ1) is 15.8. The molecule has 0 heterocycles. The summed E-state index contributed by atoms with van der Waals surface area (Å²) >= 11 is 0. The lowest BCUT2D eigenvalue weighted by Crippen LogP contribution is -2.04. The van der Waals surface area contributed by atoms with Crippen LogP contribution in [0.15, 0.2) is 83.9 Å². The van der Waals surface area contributed by atoms with Crippen LogP contribution < -0.4 is 0 Å². The van der Waals surface area contributed by atoms with Crippen LogP contribution >= 0.6 is 0 Å². The molecule has 0 spiro atoms. The molecule has 4 rings (SSSR count). The van der Waals surface area contributed by atoms with Crippen molar-refractivity contribution in [3.05, 3.63) is 101 Å². The van der Waals surface area contributed by atoms with Crippen molar-refractivity contribution >= 4 is 11.4 Å². The second kappa shape index (κ2) is 6.29. The topological polar surface area (TPSA) is 12.4 Å². The highest BCUT2D eigenvalue weighted by molar-refractivity contribution is 6.13. The van der Waals surface area contributed by atoms with Crippen LogP contribution in [0, 0.1) is 5.82 Å². The molecule has 0 N–H and O–H groups in total. The standard InChI is InChI=1S/C23H20FN/c1-23(14-15-23)20-13-12-19(16-21(20)24)25-22(17-8-4-2-5-9-17)18-10-6-3-7-11-18/h2-13,16H,14-15H2,1H3. The molecule has 25 heavy (non-hydrogen) atoms. The summed E-state index contributed by atoms with van der Waals surface area (Å²) < 4.78 is 14.6. The predicted octanol–water partition coefficient (Wildman–Crippen LogP) is 6.05. The average molecular weight is 329 g/mol. The molecular formula is C23H20FN. The molecule has 0 bridgehead atoms. The monoisotopic (exact) mass is 329 g/mol. The summed E-state index contributed by atoms with van der Waals surface area (Å²) in [4.78, 5) is 4.78. The first-order chi connectivity index (χ1) is 12.2. The molecule has 1 fully saturated rings. The minimum absolute atomic E-state index is 0.0218. The summed E-state index contributed by atoms with van der Waals surface area (Å²) in [5, 5.41) is 0. The zero-order valence-electron chi connectivity index (χ0n) is 14.2. The highest BCUT2D eigenvalue weighted by Crippen LogP contribution is 2.48. The molecule has 0 aliphatic heterocycles. The molecular weight excluding hydrogens is 309 g/mol. The van der Waals surface area contributed by atoms with Gasteiger partial charge in [0.15, 0.2) is 0 Å². The Bertz CT molecular complexity index is 868. The maximum absolute atomic E-state index is 14.6. The quantitative estimate of drug-likeness (QED) is 0.517. The maximum atomic E-state index is 14.6. The van der Waals surface area contributed by atoms with Crippen molar-refractivity contribution in [2.75, 3.05) is 0 Å². The van der Waals surface area contributed by atoms with Gasteiger partial charge in [-0.05, 0) is 36.0 Å².